The molecule has 0 aromatic heterocycles. The molecule has 0 radical (unpaired) electrons. The second kappa shape index (κ2) is 8.86. The number of aliphatic hydroxyl groups excluding tert-OH is 1. The van der Waals surface area contributed by atoms with Gasteiger partial charge < -0.3 is 19.9 Å². The van der Waals surface area contributed by atoms with Crippen molar-refractivity contribution in [3.8, 4) is 0 Å². The highest BCUT2D eigenvalue weighted by atomic mass is 16.5. The number of hydrogen-bond donors (Lipinski definition) is 2. The predicted octanol–water partition coefficient (Wildman–Crippen LogP) is 1.18. The Hall–Kier alpha value is -0.160. The molecule has 0 aromatic carbocycles. The largest absolute Gasteiger partial charge is 0.389 e. The first kappa shape index (κ1) is 14.9. The van der Waals surface area contributed by atoms with Gasteiger partial charge in [-0.3, -0.25) is 0 Å². The van der Waals surface area contributed by atoms with Gasteiger partial charge in [0.1, 0.15) is 0 Å². The van der Waals surface area contributed by atoms with E-state index in [1.807, 2.05) is 0 Å². The SMILES string of the molecule is COCCOCC(O)CN[C@H](C)C1CCCC1. The Morgan fingerprint density at radius 3 is 2.65 bits per heavy atom. The van der Waals surface area contributed by atoms with Crippen molar-refractivity contribution in [3.05, 3.63) is 0 Å². The van der Waals surface area contributed by atoms with E-state index in [1.165, 1.54) is 25.7 Å². The van der Waals surface area contributed by atoms with Gasteiger partial charge in [0.05, 0.1) is 25.9 Å². The highest BCUT2D eigenvalue weighted by molar-refractivity contribution is 4.78. The van der Waals surface area contributed by atoms with E-state index in [9.17, 15) is 5.11 Å². The summed E-state index contributed by atoms with van der Waals surface area (Å²) in [5, 5.41) is 13.1. The lowest BCUT2D eigenvalue weighted by molar-refractivity contribution is 0.0125. The lowest BCUT2D eigenvalue weighted by Crippen LogP contribution is -2.39. The molecule has 0 spiro atoms. The molecule has 4 nitrogen and oxygen atoms in total. The third-order valence-corrected chi connectivity index (χ3v) is 3.52. The lowest BCUT2D eigenvalue weighted by Gasteiger charge is -2.22. The Kier molecular flexibility index (Phi) is 7.77. The first-order valence-electron chi connectivity index (χ1n) is 6.72. The van der Waals surface area contributed by atoms with Crippen LogP contribution in [0.25, 0.3) is 0 Å². The fourth-order valence-electron chi connectivity index (χ4n) is 2.37. The average molecular weight is 245 g/mol. The Labute approximate surface area is 105 Å². The molecular weight excluding hydrogens is 218 g/mol. The van der Waals surface area contributed by atoms with Gasteiger partial charge in [-0.15, -0.1) is 0 Å². The lowest BCUT2D eigenvalue weighted by atomic mass is 10.00. The van der Waals surface area contributed by atoms with Crippen molar-refractivity contribution in [1.29, 1.82) is 0 Å². The Morgan fingerprint density at radius 2 is 2.00 bits per heavy atom. The van der Waals surface area contributed by atoms with Crippen molar-refractivity contribution in [3.63, 3.8) is 0 Å². The van der Waals surface area contributed by atoms with Crippen LogP contribution in [0.5, 0.6) is 0 Å². The summed E-state index contributed by atoms with van der Waals surface area (Å²) in [6.45, 7) is 4.34. The number of ether oxygens (including phenoxy) is 2. The summed E-state index contributed by atoms with van der Waals surface area (Å²) in [5.41, 5.74) is 0. The average Bonchev–Trinajstić information content (AvgIpc) is 2.85. The van der Waals surface area contributed by atoms with Crippen molar-refractivity contribution in [2.24, 2.45) is 5.92 Å². The van der Waals surface area contributed by atoms with Crippen molar-refractivity contribution >= 4 is 0 Å². The molecule has 0 aliphatic heterocycles. The van der Waals surface area contributed by atoms with E-state index >= 15 is 0 Å². The van der Waals surface area contributed by atoms with Gasteiger partial charge in [-0.2, -0.15) is 0 Å². The Morgan fingerprint density at radius 1 is 1.29 bits per heavy atom. The maximum Gasteiger partial charge on any atom is 0.0897 e. The van der Waals surface area contributed by atoms with Crippen molar-refractivity contribution in [1.82, 2.24) is 5.32 Å². The van der Waals surface area contributed by atoms with Crippen LogP contribution < -0.4 is 5.32 Å². The molecule has 0 amide bonds. The molecule has 2 N–H and O–H groups in total. The van der Waals surface area contributed by atoms with Gasteiger partial charge in [-0.25, -0.2) is 0 Å². The third kappa shape index (κ3) is 6.36. The highest BCUT2D eigenvalue weighted by Gasteiger charge is 2.21. The first-order valence-corrected chi connectivity index (χ1v) is 6.72. The first-order chi connectivity index (χ1) is 8.24. The van der Waals surface area contributed by atoms with E-state index in [-0.39, 0.29) is 0 Å². The number of methoxy groups -OCH3 is 1. The van der Waals surface area contributed by atoms with E-state index in [2.05, 4.69) is 12.2 Å². The van der Waals surface area contributed by atoms with E-state index in [1.54, 1.807) is 7.11 Å². The van der Waals surface area contributed by atoms with Gasteiger partial charge in [-0.05, 0) is 25.7 Å². The number of rotatable bonds is 9. The van der Waals surface area contributed by atoms with Crippen LogP contribution in [0.15, 0.2) is 0 Å². The van der Waals surface area contributed by atoms with E-state index < -0.39 is 6.10 Å². The van der Waals surface area contributed by atoms with Crippen molar-refractivity contribution < 1.29 is 14.6 Å². The van der Waals surface area contributed by atoms with Gasteiger partial charge in [0, 0.05) is 19.7 Å². The standard InChI is InChI=1S/C13H27NO3/c1-11(12-5-3-4-6-12)14-9-13(15)10-17-8-7-16-2/h11-15H,3-10H2,1-2H3/t11-,13?/m1/s1. The van der Waals surface area contributed by atoms with Crippen LogP contribution in [0.4, 0.5) is 0 Å². The quantitative estimate of drug-likeness (QED) is 0.599. The summed E-state index contributed by atoms with van der Waals surface area (Å²) in [7, 11) is 1.64. The minimum Gasteiger partial charge on any atom is -0.389 e. The number of nitrogens with one attached hydrogen (secondary N) is 1. The third-order valence-electron chi connectivity index (χ3n) is 3.52. The molecule has 102 valence electrons. The molecule has 0 bridgehead atoms. The monoisotopic (exact) mass is 245 g/mol. The molecule has 1 aliphatic rings. The minimum atomic E-state index is -0.421. The Balaban J connectivity index is 2.00. The van der Waals surface area contributed by atoms with Crippen LogP contribution in [0.3, 0.4) is 0 Å². The van der Waals surface area contributed by atoms with Crippen molar-refractivity contribution in [2.75, 3.05) is 33.5 Å². The molecule has 1 unspecified atom stereocenters. The van der Waals surface area contributed by atoms with Gasteiger partial charge in [-0.1, -0.05) is 12.8 Å². The molecule has 2 atom stereocenters. The zero-order valence-corrected chi connectivity index (χ0v) is 11.2. The topological polar surface area (TPSA) is 50.7 Å². The summed E-state index contributed by atoms with van der Waals surface area (Å²) < 4.78 is 10.1. The molecule has 0 heterocycles. The van der Waals surface area contributed by atoms with Crippen LogP contribution in [-0.2, 0) is 9.47 Å². The molecule has 17 heavy (non-hydrogen) atoms. The fraction of sp³-hybridized carbons (Fsp3) is 1.00. The summed E-state index contributed by atoms with van der Waals surface area (Å²) in [4.78, 5) is 0. The van der Waals surface area contributed by atoms with E-state index in [4.69, 9.17) is 9.47 Å². The summed E-state index contributed by atoms with van der Waals surface area (Å²) in [5.74, 6) is 0.789. The van der Waals surface area contributed by atoms with Crippen LogP contribution >= 0.6 is 0 Å². The second-order valence-electron chi connectivity index (χ2n) is 4.96. The highest BCUT2D eigenvalue weighted by Crippen LogP contribution is 2.27. The number of aliphatic hydroxyl groups is 1. The fourth-order valence-corrected chi connectivity index (χ4v) is 2.37. The summed E-state index contributed by atoms with van der Waals surface area (Å²) in [6.07, 6.45) is 4.96. The summed E-state index contributed by atoms with van der Waals surface area (Å²) in [6, 6.07) is 0.506. The van der Waals surface area contributed by atoms with Gasteiger partial charge in [0.25, 0.3) is 0 Å². The zero-order chi connectivity index (χ0) is 12.5. The molecule has 1 saturated carbocycles. The smallest absolute Gasteiger partial charge is 0.0897 e. The van der Waals surface area contributed by atoms with Gasteiger partial charge in [0.15, 0.2) is 0 Å². The maximum absolute atomic E-state index is 9.71. The van der Waals surface area contributed by atoms with Crippen LogP contribution in [0, 0.1) is 5.92 Å². The molecule has 1 fully saturated rings. The van der Waals surface area contributed by atoms with Gasteiger partial charge >= 0.3 is 0 Å². The predicted molar refractivity (Wildman–Crippen MR) is 68.1 cm³/mol. The molecule has 1 rings (SSSR count). The van der Waals surface area contributed by atoms with Crippen LogP contribution in [0.1, 0.15) is 32.6 Å². The normalized spacial score (nSPS) is 20.6. The molecule has 1 aliphatic carbocycles. The van der Waals surface area contributed by atoms with Crippen molar-refractivity contribution in [2.45, 2.75) is 44.8 Å². The van der Waals surface area contributed by atoms with Crippen LogP contribution in [-0.4, -0.2) is 50.7 Å². The molecule has 0 saturated heterocycles. The zero-order valence-electron chi connectivity index (χ0n) is 11.2. The Bertz CT molecular complexity index is 184. The molecule has 4 heteroatoms. The molecular formula is C13H27NO3. The molecule has 0 aromatic rings. The number of hydrogen-bond acceptors (Lipinski definition) is 4. The minimum absolute atomic E-state index is 0.383. The van der Waals surface area contributed by atoms with E-state index in [0.29, 0.717) is 32.4 Å². The van der Waals surface area contributed by atoms with Crippen LogP contribution in [0.2, 0.25) is 0 Å². The maximum atomic E-state index is 9.71. The van der Waals surface area contributed by atoms with E-state index in [0.717, 1.165) is 5.92 Å². The second-order valence-corrected chi connectivity index (χ2v) is 4.96. The van der Waals surface area contributed by atoms with Gasteiger partial charge in [0.2, 0.25) is 0 Å². The summed E-state index contributed by atoms with van der Waals surface area (Å²) >= 11 is 0.